The van der Waals surface area contributed by atoms with Crippen LogP contribution in [0, 0.1) is 0 Å². The van der Waals surface area contributed by atoms with E-state index in [1.807, 2.05) is 0 Å². The maximum atomic E-state index is 5.68. The van der Waals surface area contributed by atoms with Crippen molar-refractivity contribution in [3.05, 3.63) is 17.7 Å². The second kappa shape index (κ2) is 3.31. The fourth-order valence-corrected chi connectivity index (χ4v) is 1.80. The highest BCUT2D eigenvalue weighted by Gasteiger charge is 2.34. The average Bonchev–Trinajstić information content (AvgIpc) is 2.72. The zero-order valence-electron chi connectivity index (χ0n) is 7.64. The average molecular weight is 201 g/mol. The molecule has 4 heteroatoms. The summed E-state index contributed by atoms with van der Waals surface area (Å²) in [5.41, 5.74) is 0.734. The fraction of sp³-hybridized carbons (Fsp3) is 0.667. The molecule has 1 aliphatic heterocycles. The third-order valence-corrected chi connectivity index (χ3v) is 2.78. The predicted octanol–water partition coefficient (Wildman–Crippen LogP) is 2.17. The number of aromatic nitrogens is 2. The monoisotopic (exact) mass is 200 g/mol. The molecular weight excluding hydrogens is 188 g/mol. The maximum absolute atomic E-state index is 5.68. The van der Waals surface area contributed by atoms with Crippen molar-refractivity contribution < 1.29 is 4.74 Å². The number of alkyl halides is 1. The van der Waals surface area contributed by atoms with Crippen molar-refractivity contribution >= 4 is 11.6 Å². The molecule has 0 radical (unpaired) electrons. The molecule has 1 fully saturated rings. The molecule has 3 nitrogen and oxygen atoms in total. The van der Waals surface area contributed by atoms with Crippen LogP contribution in [0.1, 0.15) is 31.3 Å². The Kier molecular flexibility index (Phi) is 2.30. The van der Waals surface area contributed by atoms with Crippen molar-refractivity contribution in [1.82, 2.24) is 9.97 Å². The molecule has 0 aliphatic carbocycles. The number of aromatic amines is 1. The van der Waals surface area contributed by atoms with Gasteiger partial charge in [0.2, 0.25) is 0 Å². The lowest BCUT2D eigenvalue weighted by Gasteiger charge is -2.19. The van der Waals surface area contributed by atoms with E-state index in [2.05, 4.69) is 16.9 Å². The van der Waals surface area contributed by atoms with Gasteiger partial charge in [0, 0.05) is 18.5 Å². The Hall–Kier alpha value is -0.540. The number of rotatable bonds is 2. The number of imidazole rings is 1. The normalized spacial score (nSPS) is 28.2. The lowest BCUT2D eigenvalue weighted by Crippen LogP contribution is -2.21. The van der Waals surface area contributed by atoms with E-state index < -0.39 is 0 Å². The van der Waals surface area contributed by atoms with Crippen molar-refractivity contribution in [3.63, 3.8) is 0 Å². The lowest BCUT2D eigenvalue weighted by atomic mass is 10.0. The van der Waals surface area contributed by atoms with Gasteiger partial charge in [-0.25, -0.2) is 4.98 Å². The molecule has 0 bridgehead atoms. The first-order valence-corrected chi connectivity index (χ1v) is 5.02. The molecule has 1 N–H and O–H groups in total. The maximum Gasteiger partial charge on any atom is 0.138 e. The summed E-state index contributed by atoms with van der Waals surface area (Å²) in [5, 5.41) is 0. The molecule has 1 aromatic rings. The molecule has 0 saturated carbocycles. The van der Waals surface area contributed by atoms with E-state index >= 15 is 0 Å². The van der Waals surface area contributed by atoms with Gasteiger partial charge in [-0.15, -0.1) is 11.6 Å². The Morgan fingerprint density at radius 3 is 3.15 bits per heavy atom. The molecule has 1 aromatic heterocycles. The molecule has 0 spiro atoms. The van der Waals surface area contributed by atoms with Gasteiger partial charge in [0.15, 0.2) is 0 Å². The van der Waals surface area contributed by atoms with Gasteiger partial charge in [0.1, 0.15) is 11.4 Å². The van der Waals surface area contributed by atoms with Crippen LogP contribution in [0.15, 0.2) is 6.20 Å². The molecule has 2 rings (SSSR count). The van der Waals surface area contributed by atoms with Crippen molar-refractivity contribution in [2.24, 2.45) is 0 Å². The van der Waals surface area contributed by atoms with Crippen LogP contribution >= 0.6 is 11.6 Å². The van der Waals surface area contributed by atoms with E-state index in [-0.39, 0.29) is 5.60 Å². The summed E-state index contributed by atoms with van der Waals surface area (Å²) >= 11 is 5.68. The van der Waals surface area contributed by atoms with Gasteiger partial charge in [-0.2, -0.15) is 0 Å². The molecule has 0 aromatic carbocycles. The molecule has 72 valence electrons. The van der Waals surface area contributed by atoms with E-state index in [1.54, 1.807) is 6.20 Å². The van der Waals surface area contributed by atoms with Gasteiger partial charge in [-0.05, 0) is 19.8 Å². The van der Waals surface area contributed by atoms with Crippen molar-refractivity contribution in [2.75, 3.05) is 6.61 Å². The smallest absolute Gasteiger partial charge is 0.138 e. The van der Waals surface area contributed by atoms with Gasteiger partial charge in [0.25, 0.3) is 0 Å². The summed E-state index contributed by atoms with van der Waals surface area (Å²) in [6.45, 7) is 2.89. The van der Waals surface area contributed by atoms with E-state index in [0.717, 1.165) is 31.0 Å². The minimum absolute atomic E-state index is 0.218. The minimum Gasteiger partial charge on any atom is -0.367 e. The Labute approximate surface area is 82.5 Å². The fourth-order valence-electron chi connectivity index (χ4n) is 1.66. The Morgan fingerprint density at radius 2 is 2.62 bits per heavy atom. The first kappa shape index (κ1) is 9.03. The third-order valence-electron chi connectivity index (χ3n) is 2.49. The van der Waals surface area contributed by atoms with Crippen LogP contribution in [0.5, 0.6) is 0 Å². The highest BCUT2D eigenvalue weighted by Crippen LogP contribution is 2.33. The van der Waals surface area contributed by atoms with Crippen LogP contribution < -0.4 is 0 Å². The van der Waals surface area contributed by atoms with Crippen LogP contribution in [-0.2, 0) is 16.2 Å². The van der Waals surface area contributed by atoms with Gasteiger partial charge >= 0.3 is 0 Å². The largest absolute Gasteiger partial charge is 0.367 e. The quantitative estimate of drug-likeness (QED) is 0.744. The van der Waals surface area contributed by atoms with Gasteiger partial charge < -0.3 is 9.72 Å². The summed E-state index contributed by atoms with van der Waals surface area (Å²) in [7, 11) is 0. The van der Waals surface area contributed by atoms with Crippen molar-refractivity contribution in [1.29, 1.82) is 0 Å². The van der Waals surface area contributed by atoms with E-state index in [0.29, 0.717) is 5.88 Å². The molecular formula is C9H13ClN2O. The minimum atomic E-state index is -0.218. The molecule has 1 unspecified atom stereocenters. The van der Waals surface area contributed by atoms with E-state index in [1.165, 1.54) is 0 Å². The van der Waals surface area contributed by atoms with E-state index in [9.17, 15) is 0 Å². The Balaban J connectivity index is 2.23. The highest BCUT2D eigenvalue weighted by atomic mass is 35.5. The van der Waals surface area contributed by atoms with Crippen molar-refractivity contribution in [2.45, 2.75) is 31.2 Å². The summed E-state index contributed by atoms with van der Waals surface area (Å²) < 4.78 is 5.65. The van der Waals surface area contributed by atoms with Crippen LogP contribution in [0.2, 0.25) is 0 Å². The summed E-state index contributed by atoms with van der Waals surface area (Å²) in [5.74, 6) is 1.38. The SMILES string of the molecule is CC1(c2ncc(CCl)[nH]2)CCCO1. The molecule has 13 heavy (non-hydrogen) atoms. The Morgan fingerprint density at radius 1 is 1.77 bits per heavy atom. The number of halogens is 1. The standard InChI is InChI=1S/C9H13ClN2O/c1-9(3-2-4-13-9)8-11-6-7(5-10)12-8/h6H,2-5H2,1H3,(H,11,12). The molecule has 0 amide bonds. The van der Waals surface area contributed by atoms with Gasteiger partial charge in [-0.1, -0.05) is 0 Å². The highest BCUT2D eigenvalue weighted by molar-refractivity contribution is 6.16. The summed E-state index contributed by atoms with van der Waals surface area (Å²) in [6.07, 6.45) is 3.91. The first-order chi connectivity index (χ1) is 6.24. The van der Waals surface area contributed by atoms with Crippen LogP contribution in [-0.4, -0.2) is 16.6 Å². The van der Waals surface area contributed by atoms with Crippen LogP contribution in [0.4, 0.5) is 0 Å². The van der Waals surface area contributed by atoms with Crippen LogP contribution in [0.25, 0.3) is 0 Å². The predicted molar refractivity (Wildman–Crippen MR) is 50.7 cm³/mol. The van der Waals surface area contributed by atoms with Gasteiger partial charge in [0.05, 0.1) is 5.88 Å². The molecule has 1 aliphatic rings. The second-order valence-corrected chi connectivity index (χ2v) is 3.84. The van der Waals surface area contributed by atoms with Gasteiger partial charge in [-0.3, -0.25) is 0 Å². The number of nitrogens with one attached hydrogen (secondary N) is 1. The number of ether oxygens (including phenoxy) is 1. The number of H-pyrrole nitrogens is 1. The zero-order chi connectivity index (χ0) is 9.31. The third kappa shape index (κ3) is 1.58. The zero-order valence-corrected chi connectivity index (χ0v) is 8.40. The van der Waals surface area contributed by atoms with Crippen molar-refractivity contribution in [3.8, 4) is 0 Å². The summed E-state index contributed by atoms with van der Waals surface area (Å²) in [6, 6.07) is 0. The second-order valence-electron chi connectivity index (χ2n) is 3.57. The number of hydrogen-bond donors (Lipinski definition) is 1. The topological polar surface area (TPSA) is 37.9 Å². The molecule has 1 atom stereocenters. The molecule has 1 saturated heterocycles. The first-order valence-electron chi connectivity index (χ1n) is 4.49. The number of hydrogen-bond acceptors (Lipinski definition) is 2. The summed E-state index contributed by atoms with van der Waals surface area (Å²) in [4.78, 5) is 7.45. The van der Waals surface area contributed by atoms with E-state index in [4.69, 9.17) is 16.3 Å². The van der Waals surface area contributed by atoms with Crippen LogP contribution in [0.3, 0.4) is 0 Å². The lowest BCUT2D eigenvalue weighted by molar-refractivity contribution is 0.00996. The number of nitrogens with zero attached hydrogens (tertiary/aromatic N) is 1. The molecule has 2 heterocycles. The Bertz CT molecular complexity index is 292.